The van der Waals surface area contributed by atoms with Crippen LogP contribution in [0, 0.1) is 0 Å². The number of benzene rings is 1. The van der Waals surface area contributed by atoms with Gasteiger partial charge in [-0.2, -0.15) is 0 Å². The third kappa shape index (κ3) is 3.36. The van der Waals surface area contributed by atoms with Crippen molar-refractivity contribution in [1.82, 2.24) is 15.0 Å². The summed E-state index contributed by atoms with van der Waals surface area (Å²) < 4.78 is 1.47. The number of carbonyl (C=O) groups is 1. The highest BCUT2D eigenvalue weighted by atomic mass is 35.5. The minimum absolute atomic E-state index is 0.127. The molecule has 0 atom stereocenters. The zero-order chi connectivity index (χ0) is 14.5. The van der Waals surface area contributed by atoms with Crippen LogP contribution in [-0.4, -0.2) is 26.1 Å². The molecule has 0 saturated heterocycles. The third-order valence-corrected chi connectivity index (χ3v) is 3.33. The number of hydrogen-bond donors (Lipinski definition) is 1. The largest absolute Gasteiger partial charge is 0.481 e. The predicted octanol–water partition coefficient (Wildman–Crippen LogP) is 2.89. The van der Waals surface area contributed by atoms with E-state index < -0.39 is 5.97 Å². The molecular weight excluding hydrogens is 278 g/mol. The standard InChI is InChI=1S/C14H16ClN3O2/c1-2-3-4-10-5-7-11(8-6-10)18-12(9-13(19)20)14(15)16-17-18/h5-8H,2-4,9H2,1H3,(H,19,20). The van der Waals surface area contributed by atoms with E-state index in [-0.39, 0.29) is 11.6 Å². The number of hydrogen-bond acceptors (Lipinski definition) is 3. The van der Waals surface area contributed by atoms with Gasteiger partial charge >= 0.3 is 5.97 Å². The summed E-state index contributed by atoms with van der Waals surface area (Å²) >= 11 is 5.88. The number of rotatable bonds is 6. The Hall–Kier alpha value is -1.88. The first-order chi connectivity index (χ1) is 9.61. The highest BCUT2D eigenvalue weighted by Crippen LogP contribution is 2.18. The van der Waals surface area contributed by atoms with Gasteiger partial charge in [-0.1, -0.05) is 42.3 Å². The van der Waals surface area contributed by atoms with Gasteiger partial charge in [-0.25, -0.2) is 4.68 Å². The van der Waals surface area contributed by atoms with Crippen molar-refractivity contribution in [1.29, 1.82) is 0 Å². The number of carboxylic acid groups (broad SMARTS) is 1. The van der Waals surface area contributed by atoms with Crippen LogP contribution in [0.25, 0.3) is 5.69 Å². The minimum atomic E-state index is -0.963. The fourth-order valence-corrected chi connectivity index (χ4v) is 2.15. The normalized spacial score (nSPS) is 10.7. The van der Waals surface area contributed by atoms with Crippen molar-refractivity contribution < 1.29 is 9.90 Å². The first-order valence-corrected chi connectivity index (χ1v) is 6.90. The highest BCUT2D eigenvalue weighted by molar-refractivity contribution is 6.30. The average Bonchev–Trinajstić information content (AvgIpc) is 2.78. The molecule has 0 radical (unpaired) electrons. The Morgan fingerprint density at radius 3 is 2.65 bits per heavy atom. The van der Waals surface area contributed by atoms with Gasteiger partial charge in [-0.15, -0.1) is 5.10 Å². The lowest BCUT2D eigenvalue weighted by Crippen LogP contribution is -2.08. The van der Waals surface area contributed by atoms with Crippen molar-refractivity contribution in [3.63, 3.8) is 0 Å². The Balaban J connectivity index is 2.25. The molecule has 0 saturated carbocycles. The monoisotopic (exact) mass is 293 g/mol. The summed E-state index contributed by atoms with van der Waals surface area (Å²) in [7, 11) is 0. The maximum Gasteiger partial charge on any atom is 0.309 e. The third-order valence-electron chi connectivity index (χ3n) is 3.03. The molecule has 2 aromatic rings. The van der Waals surface area contributed by atoms with Crippen LogP contribution < -0.4 is 0 Å². The molecule has 5 nitrogen and oxygen atoms in total. The van der Waals surface area contributed by atoms with Crippen LogP contribution in [0.1, 0.15) is 31.0 Å². The average molecular weight is 294 g/mol. The number of aryl methyl sites for hydroxylation is 1. The van der Waals surface area contributed by atoms with Gasteiger partial charge in [0.2, 0.25) is 0 Å². The number of aromatic nitrogens is 3. The molecule has 0 bridgehead atoms. The molecule has 1 aromatic heterocycles. The number of aliphatic carboxylic acids is 1. The first-order valence-electron chi connectivity index (χ1n) is 6.53. The van der Waals surface area contributed by atoms with Crippen LogP contribution >= 0.6 is 11.6 Å². The second-order valence-corrected chi connectivity index (χ2v) is 4.94. The highest BCUT2D eigenvalue weighted by Gasteiger charge is 2.15. The SMILES string of the molecule is CCCCc1ccc(-n2nnc(Cl)c2CC(=O)O)cc1. The van der Waals surface area contributed by atoms with Gasteiger partial charge in [0.05, 0.1) is 17.8 Å². The van der Waals surface area contributed by atoms with E-state index in [0.29, 0.717) is 5.69 Å². The van der Waals surface area contributed by atoms with Gasteiger partial charge in [-0.05, 0) is 30.5 Å². The second-order valence-electron chi connectivity index (χ2n) is 4.58. The van der Waals surface area contributed by atoms with Gasteiger partial charge in [0.25, 0.3) is 0 Å². The van der Waals surface area contributed by atoms with Crippen LogP contribution in [0.4, 0.5) is 0 Å². The first kappa shape index (κ1) is 14.5. The molecule has 1 heterocycles. The Morgan fingerprint density at radius 1 is 1.35 bits per heavy atom. The minimum Gasteiger partial charge on any atom is -0.481 e. The van der Waals surface area contributed by atoms with Gasteiger partial charge in [-0.3, -0.25) is 4.79 Å². The maximum absolute atomic E-state index is 10.8. The molecule has 0 aliphatic rings. The molecule has 20 heavy (non-hydrogen) atoms. The summed E-state index contributed by atoms with van der Waals surface area (Å²) in [5.41, 5.74) is 2.41. The molecule has 0 unspecified atom stereocenters. The van der Waals surface area contributed by atoms with Crippen molar-refractivity contribution in [2.45, 2.75) is 32.6 Å². The fourth-order valence-electron chi connectivity index (χ4n) is 1.97. The van der Waals surface area contributed by atoms with Crippen LogP contribution in [0.5, 0.6) is 0 Å². The van der Waals surface area contributed by atoms with E-state index in [9.17, 15) is 4.79 Å². The Kier molecular flexibility index (Phi) is 4.74. The van der Waals surface area contributed by atoms with Crippen molar-refractivity contribution >= 4 is 17.6 Å². The predicted molar refractivity (Wildman–Crippen MR) is 76.3 cm³/mol. The molecule has 0 spiro atoms. The summed E-state index contributed by atoms with van der Waals surface area (Å²) in [5, 5.41) is 16.7. The Morgan fingerprint density at radius 2 is 2.05 bits per heavy atom. The Bertz CT molecular complexity index is 593. The van der Waals surface area contributed by atoms with Crippen LogP contribution in [0.3, 0.4) is 0 Å². The lowest BCUT2D eigenvalue weighted by Gasteiger charge is -2.06. The molecule has 0 aliphatic carbocycles. The van der Waals surface area contributed by atoms with E-state index in [4.69, 9.17) is 16.7 Å². The lowest BCUT2D eigenvalue weighted by atomic mass is 10.1. The zero-order valence-electron chi connectivity index (χ0n) is 11.2. The molecule has 0 amide bonds. The van der Waals surface area contributed by atoms with E-state index in [1.807, 2.05) is 24.3 Å². The van der Waals surface area contributed by atoms with Gasteiger partial charge in [0, 0.05) is 0 Å². The fraction of sp³-hybridized carbons (Fsp3) is 0.357. The number of carboxylic acids is 1. The molecule has 6 heteroatoms. The van der Waals surface area contributed by atoms with E-state index in [2.05, 4.69) is 17.2 Å². The van der Waals surface area contributed by atoms with E-state index in [0.717, 1.165) is 24.9 Å². The van der Waals surface area contributed by atoms with Crippen molar-refractivity contribution in [2.24, 2.45) is 0 Å². The molecule has 106 valence electrons. The van der Waals surface area contributed by atoms with Gasteiger partial charge in [0.1, 0.15) is 0 Å². The zero-order valence-corrected chi connectivity index (χ0v) is 12.0. The number of halogens is 1. The molecule has 2 rings (SSSR count). The summed E-state index contributed by atoms with van der Waals surface area (Å²) in [6.45, 7) is 2.16. The topological polar surface area (TPSA) is 68.0 Å². The van der Waals surface area contributed by atoms with Crippen molar-refractivity contribution in [3.8, 4) is 5.69 Å². The van der Waals surface area contributed by atoms with Crippen LogP contribution in [0.2, 0.25) is 5.15 Å². The summed E-state index contributed by atoms with van der Waals surface area (Å²) in [4.78, 5) is 10.8. The maximum atomic E-state index is 10.8. The van der Waals surface area contributed by atoms with Crippen LogP contribution in [0.15, 0.2) is 24.3 Å². The molecule has 1 aromatic carbocycles. The smallest absolute Gasteiger partial charge is 0.309 e. The summed E-state index contributed by atoms with van der Waals surface area (Å²) in [6, 6.07) is 7.85. The molecule has 1 N–H and O–H groups in total. The summed E-state index contributed by atoms with van der Waals surface area (Å²) in [5.74, 6) is -0.963. The molecule has 0 fully saturated rings. The van der Waals surface area contributed by atoms with Crippen molar-refractivity contribution in [2.75, 3.05) is 0 Å². The van der Waals surface area contributed by atoms with E-state index in [1.54, 1.807) is 0 Å². The van der Waals surface area contributed by atoms with Crippen molar-refractivity contribution in [3.05, 3.63) is 40.7 Å². The number of unbranched alkanes of at least 4 members (excludes halogenated alkanes) is 1. The van der Waals surface area contributed by atoms with E-state index in [1.165, 1.54) is 10.2 Å². The van der Waals surface area contributed by atoms with Gasteiger partial charge < -0.3 is 5.11 Å². The Labute approximate surface area is 122 Å². The molecule has 0 aliphatic heterocycles. The summed E-state index contributed by atoms with van der Waals surface area (Å²) in [6.07, 6.45) is 3.14. The number of nitrogens with zero attached hydrogens (tertiary/aromatic N) is 3. The van der Waals surface area contributed by atoms with Gasteiger partial charge in [0.15, 0.2) is 5.15 Å². The quantitative estimate of drug-likeness (QED) is 0.889. The van der Waals surface area contributed by atoms with E-state index >= 15 is 0 Å². The molecular formula is C14H16ClN3O2. The second kappa shape index (κ2) is 6.52. The van der Waals surface area contributed by atoms with Crippen LogP contribution in [-0.2, 0) is 17.6 Å². The lowest BCUT2D eigenvalue weighted by molar-refractivity contribution is -0.136.